The van der Waals surface area contributed by atoms with Crippen molar-refractivity contribution < 1.29 is 0 Å². The van der Waals surface area contributed by atoms with E-state index in [9.17, 15) is 5.26 Å². The van der Waals surface area contributed by atoms with Crippen molar-refractivity contribution in [3.63, 3.8) is 0 Å². The Bertz CT molecular complexity index is 2930. The van der Waals surface area contributed by atoms with E-state index >= 15 is 0 Å². The van der Waals surface area contributed by atoms with Crippen LogP contribution in [0.4, 0.5) is 0 Å². The number of para-hydroxylation sites is 2. The molecule has 1 unspecified atom stereocenters. The zero-order valence-electron chi connectivity index (χ0n) is 26.5. The van der Waals surface area contributed by atoms with E-state index in [1.807, 2.05) is 24.3 Å². The number of pyridine rings is 1. The van der Waals surface area contributed by atoms with Crippen LogP contribution in [0.3, 0.4) is 0 Å². The molecule has 0 radical (unpaired) electrons. The zero-order valence-corrected chi connectivity index (χ0v) is 26.5. The van der Waals surface area contributed by atoms with Crippen LogP contribution in [0.2, 0.25) is 0 Å². The van der Waals surface area contributed by atoms with Crippen LogP contribution < -0.4 is 0 Å². The highest BCUT2D eigenvalue weighted by Crippen LogP contribution is 2.45. The van der Waals surface area contributed by atoms with Gasteiger partial charge in [0.15, 0.2) is 5.65 Å². The largest absolute Gasteiger partial charge is 0.291 e. The molecule has 0 N–H and O–H groups in total. The number of imidazole rings is 1. The molecule has 1 aliphatic carbocycles. The van der Waals surface area contributed by atoms with Crippen LogP contribution in [0.1, 0.15) is 29.0 Å². The number of hydrogen-bond donors (Lipinski definition) is 0. The van der Waals surface area contributed by atoms with E-state index in [1.165, 1.54) is 49.0 Å². The fourth-order valence-electron chi connectivity index (χ4n) is 7.99. The molecule has 0 saturated carbocycles. The molecule has 1 atom stereocenters. The smallest absolute Gasteiger partial charge is 0.156 e. The minimum absolute atomic E-state index is 0.110. The average Bonchev–Trinajstić information content (AvgIpc) is 3.56. The second kappa shape index (κ2) is 10.7. The molecule has 0 bridgehead atoms. The summed E-state index contributed by atoms with van der Waals surface area (Å²) < 4.78 is 2.12. The predicted octanol–water partition coefficient (Wildman–Crippen LogP) is 11.2. The number of nitrogens with zero attached hydrogens (tertiary/aromatic N) is 3. The molecule has 0 spiro atoms. The van der Waals surface area contributed by atoms with Crippen molar-refractivity contribution in [3.8, 4) is 29.0 Å². The number of nitriles is 1. The molecule has 9 aromatic rings. The van der Waals surface area contributed by atoms with Gasteiger partial charge in [-0.25, -0.2) is 4.98 Å². The van der Waals surface area contributed by atoms with Gasteiger partial charge >= 0.3 is 0 Å². The molecule has 0 fully saturated rings. The van der Waals surface area contributed by atoms with Crippen molar-refractivity contribution in [3.05, 3.63) is 162 Å². The van der Waals surface area contributed by atoms with Crippen LogP contribution in [0.15, 0.2) is 146 Å². The van der Waals surface area contributed by atoms with Gasteiger partial charge < -0.3 is 0 Å². The first-order chi connectivity index (χ1) is 24.3. The summed E-state index contributed by atoms with van der Waals surface area (Å²) in [7, 11) is 0. The van der Waals surface area contributed by atoms with E-state index in [-0.39, 0.29) is 5.92 Å². The third kappa shape index (κ3) is 4.13. The van der Waals surface area contributed by atoms with E-state index < -0.39 is 0 Å². The number of rotatable bonds is 3. The number of aromatic nitrogens is 2. The fraction of sp³-hybridized carbons (Fsp3) is 0.0435. The van der Waals surface area contributed by atoms with Gasteiger partial charge in [0.2, 0.25) is 0 Å². The second-order valence-corrected chi connectivity index (χ2v) is 12.8. The highest BCUT2D eigenvalue weighted by Gasteiger charge is 2.23. The van der Waals surface area contributed by atoms with Gasteiger partial charge in [-0.1, -0.05) is 133 Å². The lowest BCUT2D eigenvalue weighted by molar-refractivity contribution is 0.897. The number of allylic oxidation sites excluding steroid dienone is 2. The predicted molar refractivity (Wildman–Crippen MR) is 202 cm³/mol. The van der Waals surface area contributed by atoms with E-state index in [4.69, 9.17) is 4.98 Å². The van der Waals surface area contributed by atoms with Gasteiger partial charge in [-0.3, -0.25) is 4.40 Å². The Morgan fingerprint density at radius 3 is 2.14 bits per heavy atom. The first-order valence-corrected chi connectivity index (χ1v) is 16.6. The van der Waals surface area contributed by atoms with Crippen molar-refractivity contribution in [1.29, 1.82) is 5.26 Å². The Hall–Kier alpha value is -6.68. The summed E-state index contributed by atoms with van der Waals surface area (Å²) >= 11 is 0. The first-order valence-electron chi connectivity index (χ1n) is 16.6. The summed E-state index contributed by atoms with van der Waals surface area (Å²) in [5.41, 5.74) is 10.1. The molecule has 1 aliphatic rings. The minimum Gasteiger partial charge on any atom is -0.291 e. The third-order valence-electron chi connectivity index (χ3n) is 10.1. The van der Waals surface area contributed by atoms with Crippen LogP contribution in [0, 0.1) is 23.2 Å². The van der Waals surface area contributed by atoms with Crippen LogP contribution in [0.25, 0.3) is 76.6 Å². The molecule has 3 heteroatoms. The van der Waals surface area contributed by atoms with Gasteiger partial charge in [0.25, 0.3) is 0 Å². The summed E-state index contributed by atoms with van der Waals surface area (Å²) in [6.45, 7) is 0. The molecule has 2 aromatic heterocycles. The monoisotopic (exact) mass is 621 g/mol. The second-order valence-electron chi connectivity index (χ2n) is 12.8. The third-order valence-corrected chi connectivity index (χ3v) is 10.1. The number of hydrogen-bond acceptors (Lipinski definition) is 2. The molecule has 49 heavy (non-hydrogen) atoms. The molecule has 2 heterocycles. The van der Waals surface area contributed by atoms with Gasteiger partial charge in [-0.2, -0.15) is 5.26 Å². The van der Waals surface area contributed by atoms with Crippen LogP contribution >= 0.6 is 0 Å². The van der Waals surface area contributed by atoms with Crippen molar-refractivity contribution in [2.45, 2.75) is 12.3 Å². The van der Waals surface area contributed by atoms with E-state index in [1.54, 1.807) is 0 Å². The summed E-state index contributed by atoms with van der Waals surface area (Å²) in [6.07, 6.45) is 3.12. The van der Waals surface area contributed by atoms with Gasteiger partial charge in [-0.05, 0) is 78.8 Å². The quantitative estimate of drug-likeness (QED) is 0.145. The van der Waals surface area contributed by atoms with Crippen LogP contribution in [-0.4, -0.2) is 9.38 Å². The molecule has 3 nitrogen and oxygen atoms in total. The van der Waals surface area contributed by atoms with Gasteiger partial charge in [0, 0.05) is 23.3 Å². The maximum Gasteiger partial charge on any atom is 0.156 e. The lowest BCUT2D eigenvalue weighted by atomic mass is 9.80. The first kappa shape index (κ1) is 27.4. The minimum atomic E-state index is 0.110. The van der Waals surface area contributed by atoms with Crippen molar-refractivity contribution in [2.75, 3.05) is 0 Å². The maximum absolute atomic E-state index is 9.96. The Balaban J connectivity index is 1.19. The van der Waals surface area contributed by atoms with Gasteiger partial charge in [-0.15, -0.1) is 0 Å². The van der Waals surface area contributed by atoms with Crippen LogP contribution in [0.5, 0.6) is 0 Å². The molecular weight excluding hydrogens is 595 g/mol. The molecule has 10 rings (SSSR count). The van der Waals surface area contributed by atoms with E-state index in [2.05, 4.69) is 144 Å². The maximum atomic E-state index is 9.96. The molecule has 226 valence electrons. The highest BCUT2D eigenvalue weighted by molar-refractivity contribution is 6.19. The van der Waals surface area contributed by atoms with Crippen molar-refractivity contribution in [2.24, 2.45) is 0 Å². The zero-order chi connectivity index (χ0) is 32.5. The lowest BCUT2D eigenvalue weighted by Crippen LogP contribution is -2.03. The fourth-order valence-corrected chi connectivity index (χ4v) is 7.99. The number of benzene rings is 7. The standard InChI is InChI=1S/C46H27N3/c47-28-34-26-32-24-23-31(27-43(32)49-42-22-8-7-21-41(42)48-46(34)49)30-13-9-14-33(25-30)44-37-16-3-5-18-39(37)45(40-19-6-4-17-38(40)44)36-20-10-12-29-11-1-2-15-35(29)36/h1-8,10-12,15-27,33H,14H2. The van der Waals surface area contributed by atoms with E-state index in [0.717, 1.165) is 39.5 Å². The van der Waals surface area contributed by atoms with E-state index in [0.29, 0.717) is 11.2 Å². The topological polar surface area (TPSA) is 41.1 Å². The van der Waals surface area contributed by atoms with Crippen molar-refractivity contribution >= 4 is 65.5 Å². The Morgan fingerprint density at radius 2 is 1.35 bits per heavy atom. The molecular formula is C46H27N3. The molecule has 0 saturated heterocycles. The molecule has 0 amide bonds. The lowest BCUT2D eigenvalue weighted by Gasteiger charge is -2.23. The van der Waals surface area contributed by atoms with Crippen molar-refractivity contribution in [1.82, 2.24) is 9.38 Å². The Labute approximate surface area is 283 Å². The average molecular weight is 622 g/mol. The highest BCUT2D eigenvalue weighted by atomic mass is 15.0. The summed E-state index contributed by atoms with van der Waals surface area (Å²) in [6, 6.07) is 51.9. The summed E-state index contributed by atoms with van der Waals surface area (Å²) in [5, 5.41) is 18.5. The Kier molecular flexibility index (Phi) is 5.98. The normalized spacial score (nSPS) is 14.3. The Morgan fingerprint density at radius 1 is 0.653 bits per heavy atom. The van der Waals surface area contributed by atoms with Crippen LogP contribution in [-0.2, 0) is 0 Å². The molecule has 7 aromatic carbocycles. The van der Waals surface area contributed by atoms with Gasteiger partial charge in [0.1, 0.15) is 6.07 Å². The summed E-state index contributed by atoms with van der Waals surface area (Å²) in [4.78, 5) is 4.83. The van der Waals surface area contributed by atoms with Gasteiger partial charge in [0.05, 0.1) is 22.1 Å². The number of fused-ring (bicyclic) bond motifs is 8. The molecule has 0 aliphatic heterocycles. The SMILES string of the molecule is N#Cc1cc2ccc(C3=CC(c4c5ccccc5c(-c5cccc6ccccc56)c5ccccc45)CC#C3)cc2n2c1nc1ccccc12. The summed E-state index contributed by atoms with van der Waals surface area (Å²) in [5.74, 6) is 7.13.